The van der Waals surface area contributed by atoms with Gasteiger partial charge in [0, 0.05) is 11.4 Å². The number of ether oxygens (including phenoxy) is 1. The highest BCUT2D eigenvalue weighted by atomic mass is 16.6. The molecule has 5 heteroatoms. The maximum Gasteiger partial charge on any atom is 0.407 e. The third-order valence-electron chi connectivity index (χ3n) is 4.83. The number of nitrogens with zero attached hydrogens (tertiary/aromatic N) is 2. The SMILES string of the molecule is CCc1ccc2c(cnn2[C@H]2CC[C@@H](NC(=O)OC(C)(C)C)CC2)c1. The summed E-state index contributed by atoms with van der Waals surface area (Å²) < 4.78 is 7.52. The summed E-state index contributed by atoms with van der Waals surface area (Å²) in [6, 6.07) is 7.21. The van der Waals surface area contributed by atoms with Crippen LogP contribution in [0.5, 0.6) is 0 Å². The van der Waals surface area contributed by atoms with Crippen LogP contribution in [-0.4, -0.2) is 27.5 Å². The maximum atomic E-state index is 11.9. The van der Waals surface area contributed by atoms with Crippen molar-refractivity contribution in [3.8, 4) is 0 Å². The van der Waals surface area contributed by atoms with Crippen LogP contribution in [0.2, 0.25) is 0 Å². The van der Waals surface area contributed by atoms with Crippen LogP contribution in [0.3, 0.4) is 0 Å². The fourth-order valence-electron chi connectivity index (χ4n) is 3.55. The van der Waals surface area contributed by atoms with Gasteiger partial charge < -0.3 is 10.1 Å². The predicted molar refractivity (Wildman–Crippen MR) is 99.8 cm³/mol. The molecule has 3 rings (SSSR count). The van der Waals surface area contributed by atoms with E-state index in [4.69, 9.17) is 4.74 Å². The van der Waals surface area contributed by atoms with Gasteiger partial charge in [-0.05, 0) is 70.6 Å². The summed E-state index contributed by atoms with van der Waals surface area (Å²) in [6.07, 6.45) is 6.66. The number of aromatic nitrogens is 2. The van der Waals surface area contributed by atoms with E-state index in [-0.39, 0.29) is 12.1 Å². The van der Waals surface area contributed by atoms with Crippen LogP contribution in [-0.2, 0) is 11.2 Å². The molecule has 0 aliphatic heterocycles. The average molecular weight is 343 g/mol. The van der Waals surface area contributed by atoms with Crippen molar-refractivity contribution in [1.29, 1.82) is 0 Å². The Labute approximate surface area is 149 Å². The molecular formula is C20H29N3O2. The van der Waals surface area contributed by atoms with Crippen LogP contribution in [0.15, 0.2) is 24.4 Å². The summed E-state index contributed by atoms with van der Waals surface area (Å²) >= 11 is 0. The molecule has 0 bridgehead atoms. The van der Waals surface area contributed by atoms with E-state index in [0.29, 0.717) is 6.04 Å². The Bertz CT molecular complexity index is 737. The second kappa shape index (κ2) is 7.06. The average Bonchev–Trinajstić information content (AvgIpc) is 2.96. The highest BCUT2D eigenvalue weighted by Crippen LogP contribution is 2.31. The van der Waals surface area contributed by atoms with Gasteiger partial charge in [-0.25, -0.2) is 4.79 Å². The van der Waals surface area contributed by atoms with Crippen LogP contribution >= 0.6 is 0 Å². The summed E-state index contributed by atoms with van der Waals surface area (Å²) in [7, 11) is 0. The zero-order valence-electron chi connectivity index (χ0n) is 15.7. The lowest BCUT2D eigenvalue weighted by Crippen LogP contribution is -2.41. The van der Waals surface area contributed by atoms with Crippen molar-refractivity contribution in [2.45, 2.75) is 77.5 Å². The van der Waals surface area contributed by atoms with Gasteiger partial charge in [0.05, 0.1) is 17.8 Å². The van der Waals surface area contributed by atoms with Gasteiger partial charge in [-0.2, -0.15) is 5.10 Å². The van der Waals surface area contributed by atoms with Crippen molar-refractivity contribution < 1.29 is 9.53 Å². The van der Waals surface area contributed by atoms with Gasteiger partial charge >= 0.3 is 6.09 Å². The van der Waals surface area contributed by atoms with Crippen molar-refractivity contribution in [3.05, 3.63) is 30.0 Å². The highest BCUT2D eigenvalue weighted by Gasteiger charge is 2.26. The van der Waals surface area contributed by atoms with Gasteiger partial charge in [0.2, 0.25) is 0 Å². The molecule has 1 saturated carbocycles. The van der Waals surface area contributed by atoms with E-state index in [2.05, 4.69) is 40.2 Å². The summed E-state index contributed by atoms with van der Waals surface area (Å²) in [4.78, 5) is 11.9. The number of alkyl carbamates (subject to hydrolysis) is 1. The molecule has 0 atom stereocenters. The fourth-order valence-corrected chi connectivity index (χ4v) is 3.55. The van der Waals surface area contributed by atoms with Crippen molar-refractivity contribution >= 4 is 17.0 Å². The molecule has 136 valence electrons. The third-order valence-corrected chi connectivity index (χ3v) is 4.83. The van der Waals surface area contributed by atoms with Crippen LogP contribution in [0.25, 0.3) is 10.9 Å². The monoisotopic (exact) mass is 343 g/mol. The first-order valence-electron chi connectivity index (χ1n) is 9.31. The van der Waals surface area contributed by atoms with Gasteiger partial charge in [-0.1, -0.05) is 13.0 Å². The summed E-state index contributed by atoms with van der Waals surface area (Å²) in [6.45, 7) is 7.83. The Morgan fingerprint density at radius 1 is 1.28 bits per heavy atom. The summed E-state index contributed by atoms with van der Waals surface area (Å²) in [5.74, 6) is 0. The zero-order chi connectivity index (χ0) is 18.0. The molecule has 1 fully saturated rings. The molecule has 5 nitrogen and oxygen atoms in total. The molecule has 1 N–H and O–H groups in total. The van der Waals surface area contributed by atoms with E-state index in [0.717, 1.165) is 32.1 Å². The number of hydrogen-bond donors (Lipinski definition) is 1. The second-order valence-corrected chi connectivity index (χ2v) is 7.99. The molecule has 1 aliphatic carbocycles. The van der Waals surface area contributed by atoms with Crippen molar-refractivity contribution in [2.24, 2.45) is 0 Å². The molecule has 1 aromatic carbocycles. The molecule has 2 aromatic rings. The molecule has 0 unspecified atom stereocenters. The first-order chi connectivity index (χ1) is 11.9. The van der Waals surface area contributed by atoms with Crippen molar-refractivity contribution in [2.75, 3.05) is 0 Å². The molecule has 1 amide bonds. The number of benzene rings is 1. The minimum atomic E-state index is -0.452. The smallest absolute Gasteiger partial charge is 0.407 e. The van der Waals surface area contributed by atoms with Crippen LogP contribution in [0, 0.1) is 0 Å². The topological polar surface area (TPSA) is 56.2 Å². The van der Waals surface area contributed by atoms with E-state index >= 15 is 0 Å². The Kier molecular flexibility index (Phi) is 5.02. The van der Waals surface area contributed by atoms with Gasteiger partial charge in [0.15, 0.2) is 0 Å². The molecule has 0 saturated heterocycles. The van der Waals surface area contributed by atoms with Gasteiger partial charge in [0.25, 0.3) is 0 Å². The van der Waals surface area contributed by atoms with E-state index in [1.54, 1.807) is 0 Å². The summed E-state index contributed by atoms with van der Waals surface area (Å²) in [5, 5.41) is 8.85. The largest absolute Gasteiger partial charge is 0.444 e. The highest BCUT2D eigenvalue weighted by molar-refractivity contribution is 5.79. The number of carbonyl (C=O) groups excluding carboxylic acids is 1. The quantitative estimate of drug-likeness (QED) is 0.885. The fraction of sp³-hybridized carbons (Fsp3) is 0.600. The van der Waals surface area contributed by atoms with E-state index in [9.17, 15) is 4.79 Å². The molecule has 1 heterocycles. The molecule has 0 spiro atoms. The standard InChI is InChI=1S/C20H29N3O2/c1-5-14-6-11-18-15(12-14)13-21-23(18)17-9-7-16(8-10-17)22-19(24)25-20(2,3)4/h6,11-13,16-17H,5,7-10H2,1-4H3,(H,22,24)/t16-,17+. The van der Waals surface area contributed by atoms with Gasteiger partial charge in [0.1, 0.15) is 5.60 Å². The normalized spacial score (nSPS) is 21.3. The maximum absolute atomic E-state index is 11.9. The minimum Gasteiger partial charge on any atom is -0.444 e. The first kappa shape index (κ1) is 17.8. The van der Waals surface area contributed by atoms with E-state index in [1.165, 1.54) is 16.5 Å². The molecule has 1 aliphatic rings. The van der Waals surface area contributed by atoms with Crippen molar-refractivity contribution in [1.82, 2.24) is 15.1 Å². The van der Waals surface area contributed by atoms with Gasteiger partial charge in [-0.15, -0.1) is 0 Å². The lowest BCUT2D eigenvalue weighted by atomic mass is 9.91. The Morgan fingerprint density at radius 2 is 2.00 bits per heavy atom. The Morgan fingerprint density at radius 3 is 2.64 bits per heavy atom. The first-order valence-corrected chi connectivity index (χ1v) is 9.31. The number of nitrogens with one attached hydrogen (secondary N) is 1. The zero-order valence-corrected chi connectivity index (χ0v) is 15.7. The molecular weight excluding hydrogens is 314 g/mol. The second-order valence-electron chi connectivity index (χ2n) is 7.99. The Balaban J connectivity index is 1.60. The van der Waals surface area contributed by atoms with Crippen molar-refractivity contribution in [3.63, 3.8) is 0 Å². The lowest BCUT2D eigenvalue weighted by molar-refractivity contribution is 0.0487. The number of rotatable bonds is 3. The van der Waals surface area contributed by atoms with Gasteiger partial charge in [-0.3, -0.25) is 4.68 Å². The van der Waals surface area contributed by atoms with Crippen LogP contribution in [0.1, 0.15) is 65.0 Å². The van der Waals surface area contributed by atoms with Crippen LogP contribution < -0.4 is 5.32 Å². The number of carbonyl (C=O) groups is 1. The Hall–Kier alpha value is -2.04. The lowest BCUT2D eigenvalue weighted by Gasteiger charge is -2.30. The summed E-state index contributed by atoms with van der Waals surface area (Å²) in [5.41, 5.74) is 2.10. The molecule has 1 aromatic heterocycles. The van der Waals surface area contributed by atoms with E-state index < -0.39 is 5.60 Å². The number of amides is 1. The van der Waals surface area contributed by atoms with E-state index in [1.807, 2.05) is 27.0 Å². The van der Waals surface area contributed by atoms with Crippen LogP contribution in [0.4, 0.5) is 4.79 Å². The molecule has 0 radical (unpaired) electrons. The minimum absolute atomic E-state index is 0.194. The molecule has 25 heavy (non-hydrogen) atoms. The number of hydrogen-bond acceptors (Lipinski definition) is 3. The third kappa shape index (κ3) is 4.33. The predicted octanol–water partition coefficient (Wildman–Crippen LogP) is 4.61. The number of aryl methyl sites for hydroxylation is 1. The number of fused-ring (bicyclic) bond motifs is 1.